The molecular formula is C12H24O2. The maximum Gasteiger partial charge on any atom is 0.309 e. The van der Waals surface area contributed by atoms with Gasteiger partial charge in [0.05, 0.1) is 5.41 Å². The van der Waals surface area contributed by atoms with Crippen molar-refractivity contribution in [2.24, 2.45) is 10.8 Å². The quantitative estimate of drug-likeness (QED) is 0.709. The maximum absolute atomic E-state index is 11.1. The summed E-state index contributed by atoms with van der Waals surface area (Å²) in [6, 6.07) is 0. The molecule has 0 aromatic carbocycles. The van der Waals surface area contributed by atoms with Crippen LogP contribution in [0, 0.1) is 10.8 Å². The van der Waals surface area contributed by atoms with Crippen molar-refractivity contribution < 1.29 is 9.90 Å². The average molecular weight is 200 g/mol. The fourth-order valence-electron chi connectivity index (χ4n) is 2.17. The molecule has 0 bridgehead atoms. The van der Waals surface area contributed by atoms with Crippen LogP contribution in [0.15, 0.2) is 0 Å². The molecule has 0 radical (unpaired) electrons. The highest BCUT2D eigenvalue weighted by atomic mass is 16.4. The number of carbonyl (C=O) groups is 1. The summed E-state index contributed by atoms with van der Waals surface area (Å²) in [6.45, 7) is 10.3. The summed E-state index contributed by atoms with van der Waals surface area (Å²) >= 11 is 0. The van der Waals surface area contributed by atoms with Crippen molar-refractivity contribution in [3.8, 4) is 0 Å². The van der Waals surface area contributed by atoms with Crippen LogP contribution < -0.4 is 0 Å². The van der Waals surface area contributed by atoms with Gasteiger partial charge in [0.25, 0.3) is 0 Å². The predicted octanol–water partition coefficient (Wildman–Crippen LogP) is 3.70. The van der Waals surface area contributed by atoms with Crippen LogP contribution >= 0.6 is 0 Å². The van der Waals surface area contributed by atoms with E-state index >= 15 is 0 Å². The van der Waals surface area contributed by atoms with Crippen LogP contribution in [0.3, 0.4) is 0 Å². The van der Waals surface area contributed by atoms with E-state index in [0.717, 1.165) is 19.3 Å². The van der Waals surface area contributed by atoms with Gasteiger partial charge in [-0.05, 0) is 31.6 Å². The summed E-state index contributed by atoms with van der Waals surface area (Å²) in [5, 5.41) is 9.16. The van der Waals surface area contributed by atoms with E-state index in [2.05, 4.69) is 20.8 Å². The van der Waals surface area contributed by atoms with Gasteiger partial charge in [-0.15, -0.1) is 0 Å². The average Bonchev–Trinajstić information content (AvgIpc) is 2.02. The largest absolute Gasteiger partial charge is 0.481 e. The highest BCUT2D eigenvalue weighted by Gasteiger charge is 2.36. The van der Waals surface area contributed by atoms with Crippen molar-refractivity contribution in [1.82, 2.24) is 0 Å². The van der Waals surface area contributed by atoms with Crippen molar-refractivity contribution in [2.75, 3.05) is 0 Å². The van der Waals surface area contributed by atoms with Crippen molar-refractivity contribution >= 4 is 5.97 Å². The first kappa shape index (κ1) is 13.5. The Morgan fingerprint density at radius 1 is 1.21 bits per heavy atom. The van der Waals surface area contributed by atoms with Gasteiger partial charge in [-0.2, -0.15) is 0 Å². The van der Waals surface area contributed by atoms with E-state index in [1.807, 2.05) is 13.8 Å². The van der Waals surface area contributed by atoms with Gasteiger partial charge in [0.2, 0.25) is 0 Å². The summed E-state index contributed by atoms with van der Waals surface area (Å²) < 4.78 is 0. The summed E-state index contributed by atoms with van der Waals surface area (Å²) in [5.74, 6) is -0.663. The molecule has 0 fully saturated rings. The van der Waals surface area contributed by atoms with E-state index < -0.39 is 11.4 Å². The number of aliphatic carboxylic acids is 1. The van der Waals surface area contributed by atoms with Gasteiger partial charge >= 0.3 is 5.97 Å². The molecule has 0 aliphatic rings. The molecule has 1 unspecified atom stereocenters. The molecule has 2 heteroatoms. The minimum Gasteiger partial charge on any atom is -0.481 e. The van der Waals surface area contributed by atoms with E-state index in [-0.39, 0.29) is 5.41 Å². The molecule has 0 saturated heterocycles. The van der Waals surface area contributed by atoms with Gasteiger partial charge in [0.15, 0.2) is 0 Å². The molecule has 2 nitrogen and oxygen atoms in total. The summed E-state index contributed by atoms with van der Waals surface area (Å²) in [4.78, 5) is 11.1. The molecule has 0 aromatic heterocycles. The highest BCUT2D eigenvalue weighted by molar-refractivity contribution is 5.74. The summed E-state index contributed by atoms with van der Waals surface area (Å²) in [5.41, 5.74) is -0.420. The van der Waals surface area contributed by atoms with Gasteiger partial charge in [0, 0.05) is 0 Å². The third-order valence-electron chi connectivity index (χ3n) is 3.09. The van der Waals surface area contributed by atoms with Gasteiger partial charge in [-0.3, -0.25) is 4.79 Å². The second kappa shape index (κ2) is 4.81. The zero-order valence-corrected chi connectivity index (χ0v) is 10.2. The van der Waals surface area contributed by atoms with E-state index in [9.17, 15) is 4.79 Å². The first-order chi connectivity index (χ1) is 6.27. The molecule has 0 aliphatic heterocycles. The SMILES string of the molecule is CCCC(C)(C)CC(C)(CC)C(=O)O. The Labute approximate surface area is 87.7 Å². The van der Waals surface area contributed by atoms with Gasteiger partial charge in [0.1, 0.15) is 0 Å². The van der Waals surface area contributed by atoms with E-state index in [1.165, 1.54) is 0 Å². The first-order valence-electron chi connectivity index (χ1n) is 5.51. The van der Waals surface area contributed by atoms with Crippen molar-refractivity contribution in [3.05, 3.63) is 0 Å². The molecule has 0 rings (SSSR count). The number of rotatable bonds is 6. The highest BCUT2D eigenvalue weighted by Crippen LogP contribution is 2.39. The molecule has 84 valence electrons. The number of carboxylic acids is 1. The minimum atomic E-state index is -0.663. The number of hydrogen-bond acceptors (Lipinski definition) is 1. The van der Waals surface area contributed by atoms with Crippen molar-refractivity contribution in [2.45, 2.75) is 60.3 Å². The van der Waals surface area contributed by atoms with Gasteiger partial charge in [-0.25, -0.2) is 0 Å². The maximum atomic E-state index is 11.1. The third kappa shape index (κ3) is 3.69. The second-order valence-electron chi connectivity index (χ2n) is 5.31. The lowest BCUT2D eigenvalue weighted by Gasteiger charge is -2.33. The predicted molar refractivity (Wildman–Crippen MR) is 59.3 cm³/mol. The number of hydrogen-bond donors (Lipinski definition) is 1. The topological polar surface area (TPSA) is 37.3 Å². The Bertz CT molecular complexity index is 196. The lowest BCUT2D eigenvalue weighted by molar-refractivity contribution is -0.150. The molecule has 14 heavy (non-hydrogen) atoms. The minimum absolute atomic E-state index is 0.137. The molecule has 0 aliphatic carbocycles. The normalized spacial score (nSPS) is 16.4. The monoisotopic (exact) mass is 200 g/mol. The Morgan fingerprint density at radius 3 is 2.00 bits per heavy atom. The van der Waals surface area contributed by atoms with Gasteiger partial charge < -0.3 is 5.11 Å². The molecule has 0 spiro atoms. The molecule has 1 N–H and O–H groups in total. The summed E-state index contributed by atoms with van der Waals surface area (Å²) in [7, 11) is 0. The van der Waals surface area contributed by atoms with Gasteiger partial charge in [-0.1, -0.05) is 34.1 Å². The van der Waals surface area contributed by atoms with Crippen LogP contribution in [0.1, 0.15) is 60.3 Å². The molecule has 0 amide bonds. The van der Waals surface area contributed by atoms with Crippen LogP contribution in [0.25, 0.3) is 0 Å². The second-order valence-corrected chi connectivity index (χ2v) is 5.31. The molecule has 0 heterocycles. The van der Waals surface area contributed by atoms with Crippen molar-refractivity contribution in [3.63, 3.8) is 0 Å². The van der Waals surface area contributed by atoms with Crippen LogP contribution in [0.4, 0.5) is 0 Å². The van der Waals surface area contributed by atoms with Crippen LogP contribution in [-0.2, 0) is 4.79 Å². The first-order valence-corrected chi connectivity index (χ1v) is 5.51. The molecule has 1 atom stereocenters. The molecule has 0 aromatic rings. The lowest BCUT2D eigenvalue weighted by Crippen LogP contribution is -2.32. The fourth-order valence-corrected chi connectivity index (χ4v) is 2.17. The van der Waals surface area contributed by atoms with E-state index in [4.69, 9.17) is 5.11 Å². The smallest absolute Gasteiger partial charge is 0.309 e. The standard InChI is InChI=1S/C12H24O2/c1-6-8-11(3,4)9-12(5,7-2)10(13)14/h6-9H2,1-5H3,(H,13,14). The third-order valence-corrected chi connectivity index (χ3v) is 3.09. The van der Waals surface area contributed by atoms with E-state index in [1.54, 1.807) is 0 Å². The summed E-state index contributed by atoms with van der Waals surface area (Å²) in [6.07, 6.45) is 3.68. The Hall–Kier alpha value is -0.530. The van der Waals surface area contributed by atoms with E-state index in [0.29, 0.717) is 6.42 Å². The lowest BCUT2D eigenvalue weighted by atomic mass is 9.71. The van der Waals surface area contributed by atoms with Crippen LogP contribution in [0.2, 0.25) is 0 Å². The zero-order chi connectivity index (χ0) is 11.4. The Balaban J connectivity index is 4.52. The van der Waals surface area contributed by atoms with Crippen LogP contribution in [-0.4, -0.2) is 11.1 Å². The number of carboxylic acid groups (broad SMARTS) is 1. The molecule has 0 saturated carbocycles. The molecular weight excluding hydrogens is 176 g/mol. The van der Waals surface area contributed by atoms with Crippen LogP contribution in [0.5, 0.6) is 0 Å². The zero-order valence-electron chi connectivity index (χ0n) is 10.2. The van der Waals surface area contributed by atoms with Crippen molar-refractivity contribution in [1.29, 1.82) is 0 Å². The Morgan fingerprint density at radius 2 is 1.71 bits per heavy atom. The fraction of sp³-hybridized carbons (Fsp3) is 0.917. The Kier molecular flexibility index (Phi) is 4.63.